The Morgan fingerprint density at radius 1 is 1.61 bits per heavy atom. The van der Waals surface area contributed by atoms with E-state index in [1.165, 1.54) is 6.07 Å². The van der Waals surface area contributed by atoms with Crippen molar-refractivity contribution >= 4 is 27.7 Å². The van der Waals surface area contributed by atoms with Crippen LogP contribution in [0.15, 0.2) is 6.07 Å². The smallest absolute Gasteiger partial charge is 0.311 e. The summed E-state index contributed by atoms with van der Waals surface area (Å²) in [5, 5.41) is 0.217. The van der Waals surface area contributed by atoms with E-state index in [-0.39, 0.29) is 29.7 Å². The van der Waals surface area contributed by atoms with E-state index in [0.29, 0.717) is 11.3 Å². The molecule has 0 radical (unpaired) electrons. The Morgan fingerprint density at radius 3 is 2.78 bits per heavy atom. The lowest BCUT2D eigenvalue weighted by Crippen LogP contribution is -2.12. The highest BCUT2D eigenvalue weighted by Crippen LogP contribution is 2.29. The van der Waals surface area contributed by atoms with E-state index in [2.05, 4.69) is 20.9 Å². The summed E-state index contributed by atoms with van der Waals surface area (Å²) in [4.78, 5) is 15.1. The number of aromatic nitrogens is 1. The number of nitrogens with two attached hydrogens (primary N) is 1. The zero-order chi connectivity index (χ0) is 13.7. The van der Waals surface area contributed by atoms with E-state index < -0.39 is 12.4 Å². The predicted molar refractivity (Wildman–Crippen MR) is 66.6 cm³/mol. The van der Waals surface area contributed by atoms with Crippen molar-refractivity contribution in [3.8, 4) is 0 Å². The van der Waals surface area contributed by atoms with Gasteiger partial charge in [0, 0.05) is 5.33 Å². The summed E-state index contributed by atoms with van der Waals surface area (Å²) in [6.07, 6.45) is -2.77. The molecule has 0 fully saturated rings. The molecule has 0 unspecified atom stereocenters. The molecule has 2 N–H and O–H groups in total. The van der Waals surface area contributed by atoms with Gasteiger partial charge in [-0.25, -0.2) is 13.8 Å². The number of carbonyl (C=O) groups excluding carboxylic acids is 1. The van der Waals surface area contributed by atoms with Crippen LogP contribution in [0.2, 0.25) is 0 Å². The van der Waals surface area contributed by atoms with Gasteiger partial charge in [0.25, 0.3) is 6.43 Å². The Bertz CT molecular complexity index is 441. The highest BCUT2D eigenvalue weighted by atomic mass is 79.9. The van der Waals surface area contributed by atoms with Gasteiger partial charge >= 0.3 is 5.97 Å². The van der Waals surface area contributed by atoms with Crippen LogP contribution in [-0.4, -0.2) is 17.6 Å². The summed E-state index contributed by atoms with van der Waals surface area (Å²) in [5.41, 5.74) is 5.85. The number of rotatable bonds is 5. The minimum Gasteiger partial charge on any atom is -0.466 e. The van der Waals surface area contributed by atoms with Crippen LogP contribution >= 0.6 is 15.9 Å². The second-order valence-electron chi connectivity index (χ2n) is 3.49. The van der Waals surface area contributed by atoms with Gasteiger partial charge in [-0.3, -0.25) is 4.79 Å². The normalized spacial score (nSPS) is 10.7. The molecule has 1 heterocycles. The van der Waals surface area contributed by atoms with Gasteiger partial charge in [-0.15, -0.1) is 0 Å². The summed E-state index contributed by atoms with van der Waals surface area (Å²) in [7, 11) is 0. The molecule has 0 aliphatic heterocycles. The third kappa shape index (κ3) is 3.63. The molecule has 1 rings (SSSR count). The van der Waals surface area contributed by atoms with Crippen LogP contribution in [0.5, 0.6) is 0 Å². The van der Waals surface area contributed by atoms with E-state index in [1.807, 2.05) is 0 Å². The first-order valence-corrected chi connectivity index (χ1v) is 6.39. The molecule has 0 atom stereocenters. The van der Waals surface area contributed by atoms with Crippen LogP contribution in [0.1, 0.15) is 30.2 Å². The van der Waals surface area contributed by atoms with Gasteiger partial charge in [-0.2, -0.15) is 0 Å². The molecule has 100 valence electrons. The van der Waals surface area contributed by atoms with Crippen molar-refractivity contribution in [1.82, 2.24) is 4.98 Å². The fourth-order valence-corrected chi connectivity index (χ4v) is 1.97. The van der Waals surface area contributed by atoms with Crippen molar-refractivity contribution in [1.29, 1.82) is 0 Å². The maximum atomic E-state index is 12.8. The molecule has 0 spiro atoms. The van der Waals surface area contributed by atoms with Crippen LogP contribution in [-0.2, 0) is 21.3 Å². The minimum atomic E-state index is -2.69. The van der Waals surface area contributed by atoms with Crippen LogP contribution < -0.4 is 5.73 Å². The highest BCUT2D eigenvalue weighted by molar-refractivity contribution is 9.08. The highest BCUT2D eigenvalue weighted by Gasteiger charge is 2.19. The first-order valence-electron chi connectivity index (χ1n) is 5.27. The van der Waals surface area contributed by atoms with E-state index in [0.717, 1.165) is 0 Å². The van der Waals surface area contributed by atoms with E-state index >= 15 is 0 Å². The third-order valence-corrected chi connectivity index (χ3v) is 2.82. The van der Waals surface area contributed by atoms with Crippen molar-refractivity contribution in [3.63, 3.8) is 0 Å². The fraction of sp³-hybridized carbons (Fsp3) is 0.455. The molecule has 0 bridgehead atoms. The van der Waals surface area contributed by atoms with E-state index in [9.17, 15) is 13.6 Å². The molecule has 1 aromatic heterocycles. The van der Waals surface area contributed by atoms with Crippen molar-refractivity contribution < 1.29 is 18.3 Å². The minimum absolute atomic E-state index is 0.0818. The van der Waals surface area contributed by atoms with Gasteiger partial charge in [0.15, 0.2) is 0 Å². The maximum absolute atomic E-state index is 12.8. The number of ether oxygens (including phenoxy) is 1. The van der Waals surface area contributed by atoms with Gasteiger partial charge in [0.2, 0.25) is 0 Å². The number of carbonyl (C=O) groups is 1. The molecule has 0 saturated carbocycles. The van der Waals surface area contributed by atoms with Gasteiger partial charge in [-0.05, 0) is 18.6 Å². The van der Waals surface area contributed by atoms with Gasteiger partial charge < -0.3 is 10.5 Å². The zero-order valence-electron chi connectivity index (χ0n) is 9.75. The van der Waals surface area contributed by atoms with Crippen LogP contribution in [0, 0.1) is 0 Å². The topological polar surface area (TPSA) is 65.2 Å². The number of hydrogen-bond acceptors (Lipinski definition) is 4. The summed E-state index contributed by atoms with van der Waals surface area (Å²) >= 11 is 3.11. The molecule has 7 heteroatoms. The van der Waals surface area contributed by atoms with Crippen LogP contribution in [0.25, 0.3) is 0 Å². The van der Waals surface area contributed by atoms with Crippen molar-refractivity contribution in [2.75, 3.05) is 12.3 Å². The lowest BCUT2D eigenvalue weighted by atomic mass is 10.1. The van der Waals surface area contributed by atoms with Gasteiger partial charge in [-0.1, -0.05) is 15.9 Å². The number of anilines is 1. The first-order chi connectivity index (χ1) is 8.49. The molecular formula is C11H13BrF2N2O2. The Kier molecular flexibility index (Phi) is 5.46. The Hall–Kier alpha value is -1.24. The van der Waals surface area contributed by atoms with Crippen molar-refractivity contribution in [2.45, 2.75) is 25.1 Å². The number of hydrogen-bond donors (Lipinski definition) is 1. The Morgan fingerprint density at radius 2 is 2.28 bits per heavy atom. The molecule has 0 aromatic carbocycles. The molecule has 0 aliphatic rings. The van der Waals surface area contributed by atoms with Crippen LogP contribution in [0.4, 0.5) is 14.6 Å². The molecule has 0 amide bonds. The third-order valence-electron chi connectivity index (χ3n) is 2.22. The Labute approximate surface area is 112 Å². The van der Waals surface area contributed by atoms with Gasteiger partial charge in [0.1, 0.15) is 5.82 Å². The summed E-state index contributed by atoms with van der Waals surface area (Å²) in [6, 6.07) is 1.43. The maximum Gasteiger partial charge on any atom is 0.311 e. The second kappa shape index (κ2) is 6.63. The fourth-order valence-electron chi connectivity index (χ4n) is 1.50. The molecular weight excluding hydrogens is 310 g/mol. The largest absolute Gasteiger partial charge is 0.466 e. The van der Waals surface area contributed by atoms with Gasteiger partial charge in [0.05, 0.1) is 24.3 Å². The SMILES string of the molecule is CCOC(=O)Cc1cc(CBr)c(C(F)F)c(N)n1. The number of nitrogen functional groups attached to an aromatic ring is 1. The molecule has 4 nitrogen and oxygen atoms in total. The molecule has 0 aliphatic carbocycles. The number of halogens is 3. The zero-order valence-corrected chi connectivity index (χ0v) is 11.3. The number of nitrogens with zero attached hydrogens (tertiary/aromatic N) is 1. The average molecular weight is 323 g/mol. The number of pyridine rings is 1. The summed E-state index contributed by atoms with van der Waals surface area (Å²) < 4.78 is 30.3. The van der Waals surface area contributed by atoms with Crippen molar-refractivity contribution in [3.05, 3.63) is 22.9 Å². The van der Waals surface area contributed by atoms with E-state index in [4.69, 9.17) is 10.5 Å². The Balaban J connectivity index is 3.03. The van der Waals surface area contributed by atoms with Crippen LogP contribution in [0.3, 0.4) is 0 Å². The number of esters is 1. The number of alkyl halides is 3. The first kappa shape index (κ1) is 14.8. The lowest BCUT2D eigenvalue weighted by Gasteiger charge is -2.11. The predicted octanol–water partition coefficient (Wildman–Crippen LogP) is 2.60. The average Bonchev–Trinajstić information content (AvgIpc) is 2.27. The molecule has 18 heavy (non-hydrogen) atoms. The molecule has 1 aromatic rings. The van der Waals surface area contributed by atoms with Crippen molar-refractivity contribution in [2.24, 2.45) is 0 Å². The summed E-state index contributed by atoms with van der Waals surface area (Å²) in [6.45, 7) is 1.94. The quantitative estimate of drug-likeness (QED) is 0.668. The summed E-state index contributed by atoms with van der Waals surface area (Å²) in [5.74, 6) is -0.712. The lowest BCUT2D eigenvalue weighted by molar-refractivity contribution is -0.142. The van der Waals surface area contributed by atoms with E-state index in [1.54, 1.807) is 6.92 Å². The second-order valence-corrected chi connectivity index (χ2v) is 4.05. The monoisotopic (exact) mass is 322 g/mol. The molecule has 0 saturated heterocycles. The standard InChI is InChI=1S/C11H13BrF2N2O2/c1-2-18-8(17)4-7-3-6(5-12)9(10(13)14)11(15)16-7/h3,10H,2,4-5H2,1H3,(H2,15,16).